The van der Waals surface area contributed by atoms with E-state index >= 15 is 0 Å². The van der Waals surface area contributed by atoms with Crippen LogP contribution in [0.2, 0.25) is 0 Å². The largest absolute Gasteiger partial charge is 0.504 e. The van der Waals surface area contributed by atoms with Gasteiger partial charge < -0.3 is 5.11 Å². The van der Waals surface area contributed by atoms with Gasteiger partial charge in [0, 0.05) is 11.0 Å². The number of aliphatic hydroxyl groups is 1. The second-order valence-electron chi connectivity index (χ2n) is 11.8. The molecule has 0 heterocycles. The molecule has 0 radical (unpaired) electrons. The van der Waals surface area contributed by atoms with Crippen LogP contribution in [0.4, 0.5) is 0 Å². The molecule has 2 heteroatoms. The van der Waals surface area contributed by atoms with Gasteiger partial charge >= 0.3 is 0 Å². The highest BCUT2D eigenvalue weighted by molar-refractivity contribution is 6.08. The second-order valence-corrected chi connectivity index (χ2v) is 11.8. The number of carbonyl (C=O) groups excluding carboxylic acids is 1. The van der Waals surface area contributed by atoms with Crippen LogP contribution in [0.5, 0.6) is 0 Å². The lowest BCUT2D eigenvalue weighted by Gasteiger charge is -2.57. The van der Waals surface area contributed by atoms with Gasteiger partial charge in [-0.1, -0.05) is 60.0 Å². The quantitative estimate of drug-likeness (QED) is 0.529. The molecule has 0 aromatic heterocycles. The summed E-state index contributed by atoms with van der Waals surface area (Å²) in [5, 5.41) is 9.99. The van der Waals surface area contributed by atoms with E-state index in [1.54, 1.807) is 6.08 Å². The summed E-state index contributed by atoms with van der Waals surface area (Å²) >= 11 is 0. The monoisotopic (exact) mass is 398 g/mol. The molecule has 0 aliphatic heterocycles. The van der Waals surface area contributed by atoms with Crippen molar-refractivity contribution in [3.05, 3.63) is 23.5 Å². The van der Waals surface area contributed by atoms with E-state index in [1.807, 2.05) is 0 Å². The lowest BCUT2D eigenvalue weighted by Crippen LogP contribution is -2.51. The molecule has 0 spiro atoms. The van der Waals surface area contributed by atoms with E-state index in [0.29, 0.717) is 11.3 Å². The van der Waals surface area contributed by atoms with Gasteiger partial charge in [-0.15, -0.1) is 0 Å². The van der Waals surface area contributed by atoms with Crippen molar-refractivity contribution >= 4 is 5.78 Å². The van der Waals surface area contributed by atoms with Gasteiger partial charge in [0.1, 0.15) is 0 Å². The molecule has 0 bridgehead atoms. The fourth-order valence-corrected chi connectivity index (χ4v) is 8.27. The molecule has 2 nitrogen and oxygen atoms in total. The minimum absolute atomic E-state index is 0.0241. The third kappa shape index (κ3) is 3.33. The Labute approximate surface area is 178 Å². The minimum Gasteiger partial charge on any atom is -0.504 e. The maximum absolute atomic E-state index is 12.6. The SMILES string of the molecule is CC(C)CCC[C@@H](C)[C@H]1CC[C@H]2[C@@H]3CC=C4C(=O)C(O)=CC[C@]4(C)[C@H]3CC[C@]12C. The Kier molecular flexibility index (Phi) is 5.53. The average molecular weight is 399 g/mol. The van der Waals surface area contributed by atoms with Crippen molar-refractivity contribution in [2.45, 2.75) is 92.4 Å². The number of hydrogen-bond acceptors (Lipinski definition) is 2. The predicted molar refractivity (Wildman–Crippen MR) is 120 cm³/mol. The fourth-order valence-electron chi connectivity index (χ4n) is 8.27. The van der Waals surface area contributed by atoms with Crippen molar-refractivity contribution in [3.8, 4) is 0 Å². The third-order valence-electron chi connectivity index (χ3n) is 9.86. The lowest BCUT2D eigenvalue weighted by molar-refractivity contribution is -0.118. The Hall–Kier alpha value is -1.05. The van der Waals surface area contributed by atoms with Crippen molar-refractivity contribution in [3.63, 3.8) is 0 Å². The van der Waals surface area contributed by atoms with E-state index in [2.05, 4.69) is 40.7 Å². The van der Waals surface area contributed by atoms with Crippen LogP contribution in [-0.4, -0.2) is 10.9 Å². The number of carbonyl (C=O) groups is 1. The number of allylic oxidation sites excluding steroid dienone is 3. The summed E-state index contributed by atoms with van der Waals surface area (Å²) in [5.41, 5.74) is 1.34. The van der Waals surface area contributed by atoms with Crippen LogP contribution >= 0.6 is 0 Å². The van der Waals surface area contributed by atoms with Crippen LogP contribution in [-0.2, 0) is 4.79 Å². The Bertz CT molecular complexity index is 716. The van der Waals surface area contributed by atoms with Crippen molar-refractivity contribution < 1.29 is 9.90 Å². The van der Waals surface area contributed by atoms with Crippen LogP contribution in [0, 0.1) is 46.3 Å². The van der Waals surface area contributed by atoms with Gasteiger partial charge in [0.05, 0.1) is 0 Å². The number of rotatable bonds is 5. The van der Waals surface area contributed by atoms with Crippen LogP contribution in [0.1, 0.15) is 92.4 Å². The van der Waals surface area contributed by atoms with Gasteiger partial charge in [0.2, 0.25) is 5.78 Å². The fraction of sp³-hybridized carbons (Fsp3) is 0.815. The summed E-state index contributed by atoms with van der Waals surface area (Å²) in [4.78, 5) is 12.6. The highest BCUT2D eigenvalue weighted by atomic mass is 16.3. The number of ketones is 1. The summed E-state index contributed by atoms with van der Waals surface area (Å²) in [6, 6.07) is 0. The van der Waals surface area contributed by atoms with E-state index in [4.69, 9.17) is 0 Å². The van der Waals surface area contributed by atoms with E-state index in [1.165, 1.54) is 44.9 Å². The molecular formula is C27H42O2. The maximum Gasteiger partial charge on any atom is 0.223 e. The molecule has 4 aliphatic rings. The molecule has 0 unspecified atom stereocenters. The van der Waals surface area contributed by atoms with Gasteiger partial charge in [-0.2, -0.15) is 0 Å². The molecule has 0 saturated heterocycles. The molecule has 4 aliphatic carbocycles. The topological polar surface area (TPSA) is 37.3 Å². The van der Waals surface area contributed by atoms with E-state index in [9.17, 15) is 9.90 Å². The van der Waals surface area contributed by atoms with Crippen molar-refractivity contribution in [1.82, 2.24) is 0 Å². The Morgan fingerprint density at radius 1 is 1.07 bits per heavy atom. The molecular weight excluding hydrogens is 356 g/mol. The number of Topliss-reactive ketones (excluding diaryl/α,β-unsaturated/α-hetero) is 1. The highest BCUT2D eigenvalue weighted by Gasteiger charge is 2.59. The zero-order valence-corrected chi connectivity index (χ0v) is 19.3. The second kappa shape index (κ2) is 7.57. The maximum atomic E-state index is 12.6. The highest BCUT2D eigenvalue weighted by Crippen LogP contribution is 2.66. The minimum atomic E-state index is -0.103. The molecule has 7 atom stereocenters. The van der Waals surface area contributed by atoms with Crippen LogP contribution in [0.3, 0.4) is 0 Å². The van der Waals surface area contributed by atoms with Crippen LogP contribution < -0.4 is 0 Å². The zero-order chi connectivity index (χ0) is 21.0. The standard InChI is InChI=1S/C27H42O2/c1-17(2)7-6-8-18(3)20-11-12-21-19-9-10-23-25(29)24(28)14-16-27(23,5)22(19)13-15-26(20,21)4/h10,14,17-22,28H,6-9,11-13,15-16H2,1-5H3/t18-,19+,20-,21+,22+,26-,27-/m1/s1. The lowest BCUT2D eigenvalue weighted by atomic mass is 9.47. The number of aliphatic hydroxyl groups excluding tert-OH is 1. The third-order valence-corrected chi connectivity index (χ3v) is 9.86. The molecule has 4 rings (SSSR count). The Morgan fingerprint density at radius 3 is 2.55 bits per heavy atom. The summed E-state index contributed by atoms with van der Waals surface area (Å²) in [6.45, 7) is 12.1. The molecule has 0 aromatic carbocycles. The molecule has 2 saturated carbocycles. The molecule has 162 valence electrons. The molecule has 29 heavy (non-hydrogen) atoms. The summed E-state index contributed by atoms with van der Waals surface area (Å²) < 4.78 is 0. The normalized spacial score (nSPS) is 42.6. The number of fused-ring (bicyclic) bond motifs is 5. The molecule has 0 aromatic rings. The Morgan fingerprint density at radius 2 is 1.83 bits per heavy atom. The van der Waals surface area contributed by atoms with Gasteiger partial charge in [-0.05, 0) is 85.5 Å². The first kappa shape index (κ1) is 21.2. The number of hydrogen-bond donors (Lipinski definition) is 1. The van der Waals surface area contributed by atoms with Crippen molar-refractivity contribution in [1.29, 1.82) is 0 Å². The predicted octanol–water partition coefficient (Wildman–Crippen LogP) is 7.26. The zero-order valence-electron chi connectivity index (χ0n) is 19.3. The van der Waals surface area contributed by atoms with Gasteiger partial charge in [0.15, 0.2) is 5.76 Å². The van der Waals surface area contributed by atoms with Crippen LogP contribution in [0.15, 0.2) is 23.5 Å². The first-order valence-corrected chi connectivity index (χ1v) is 12.3. The summed E-state index contributed by atoms with van der Waals surface area (Å²) in [6.07, 6.45) is 15.4. The van der Waals surface area contributed by atoms with Gasteiger partial charge in [-0.3, -0.25) is 4.79 Å². The first-order chi connectivity index (χ1) is 13.7. The first-order valence-electron chi connectivity index (χ1n) is 12.3. The van der Waals surface area contributed by atoms with E-state index in [-0.39, 0.29) is 17.0 Å². The average Bonchev–Trinajstić information content (AvgIpc) is 3.02. The molecule has 0 amide bonds. The smallest absolute Gasteiger partial charge is 0.223 e. The van der Waals surface area contributed by atoms with E-state index < -0.39 is 0 Å². The molecule has 2 fully saturated rings. The Balaban J connectivity index is 1.53. The van der Waals surface area contributed by atoms with Crippen molar-refractivity contribution in [2.75, 3.05) is 0 Å². The van der Waals surface area contributed by atoms with Gasteiger partial charge in [0.25, 0.3) is 0 Å². The summed E-state index contributed by atoms with van der Waals surface area (Å²) in [5.74, 6) is 4.53. The van der Waals surface area contributed by atoms with Crippen molar-refractivity contribution in [2.24, 2.45) is 46.3 Å². The van der Waals surface area contributed by atoms with Gasteiger partial charge in [-0.25, -0.2) is 0 Å². The molecule has 1 N–H and O–H groups in total. The van der Waals surface area contributed by atoms with Crippen LogP contribution in [0.25, 0.3) is 0 Å². The van der Waals surface area contributed by atoms with E-state index in [0.717, 1.165) is 48.0 Å². The summed E-state index contributed by atoms with van der Waals surface area (Å²) in [7, 11) is 0.